The highest BCUT2D eigenvalue weighted by Gasteiger charge is 2.15. The first-order valence-electron chi connectivity index (χ1n) is 7.61. The molecule has 0 atom stereocenters. The minimum Gasteiger partial charge on any atom is -0.481 e. The third kappa shape index (κ3) is 10.6. The van der Waals surface area contributed by atoms with Crippen LogP contribution in [0.15, 0.2) is 6.20 Å². The van der Waals surface area contributed by atoms with Crippen molar-refractivity contribution in [1.29, 1.82) is 0 Å². The molecule has 0 bridgehead atoms. The predicted molar refractivity (Wildman–Crippen MR) is 91.0 cm³/mol. The number of aromatic carboxylic acids is 1. The molecule has 1 aromatic heterocycles. The van der Waals surface area contributed by atoms with E-state index < -0.39 is 23.6 Å². The molecule has 1 heterocycles. The normalized spacial score (nSPS) is 10.2. The Kier molecular flexibility index (Phi) is 9.41. The minimum absolute atomic E-state index is 0.0514. The summed E-state index contributed by atoms with van der Waals surface area (Å²) in [7, 11) is 1.53. The molecule has 146 valence electrons. The lowest BCUT2D eigenvalue weighted by molar-refractivity contribution is -0.137. The van der Waals surface area contributed by atoms with Gasteiger partial charge in [-0.05, 0) is 27.2 Å². The standard InChI is InChI=1S/C9H17NO4.C6H7N3O3/c1-9(2,3)14-8(13)10-6-4-5-7(11)12;1-9-2-4(7-3-10)8-5(9)6(11)12/h4-6H2,1-3H3,(H,10,13)(H,11,12);2-3H,1H3,(H,7,10)(H,11,12). The minimum atomic E-state index is -1.13. The molecule has 4 N–H and O–H groups in total. The third-order valence-corrected chi connectivity index (χ3v) is 2.51. The summed E-state index contributed by atoms with van der Waals surface area (Å²) in [5.74, 6) is -1.88. The molecule has 0 aliphatic rings. The van der Waals surface area contributed by atoms with Crippen LogP contribution in [-0.4, -0.2) is 56.4 Å². The zero-order valence-corrected chi connectivity index (χ0v) is 15.1. The molecule has 11 heteroatoms. The summed E-state index contributed by atoms with van der Waals surface area (Å²) < 4.78 is 6.26. The van der Waals surface area contributed by atoms with E-state index in [0.717, 1.165) is 0 Å². The van der Waals surface area contributed by atoms with Crippen LogP contribution in [-0.2, 0) is 21.4 Å². The van der Waals surface area contributed by atoms with Crippen LogP contribution in [0.5, 0.6) is 0 Å². The molecule has 1 rings (SSSR count). The van der Waals surface area contributed by atoms with Crippen molar-refractivity contribution in [3.8, 4) is 0 Å². The van der Waals surface area contributed by atoms with Crippen molar-refractivity contribution in [3.63, 3.8) is 0 Å². The summed E-state index contributed by atoms with van der Waals surface area (Å²) in [5, 5.41) is 21.6. The number of ether oxygens (including phenoxy) is 1. The maximum Gasteiger partial charge on any atom is 0.407 e. The number of anilines is 1. The number of carbonyl (C=O) groups is 4. The SMILES string of the molecule is CC(C)(C)OC(=O)NCCCC(=O)O.Cn1cc(NC=O)nc1C(=O)O. The first-order valence-corrected chi connectivity index (χ1v) is 7.61. The lowest BCUT2D eigenvalue weighted by Crippen LogP contribution is -2.33. The molecule has 0 saturated heterocycles. The summed E-state index contributed by atoms with van der Waals surface area (Å²) in [5.41, 5.74) is -0.517. The molecular weight excluding hydrogens is 348 g/mol. The van der Waals surface area contributed by atoms with Crippen molar-refractivity contribution in [3.05, 3.63) is 12.0 Å². The largest absolute Gasteiger partial charge is 0.481 e. The van der Waals surface area contributed by atoms with E-state index in [1.807, 2.05) is 0 Å². The van der Waals surface area contributed by atoms with Crippen LogP contribution < -0.4 is 10.6 Å². The van der Waals surface area contributed by atoms with Gasteiger partial charge in [-0.1, -0.05) is 0 Å². The number of nitrogens with zero attached hydrogens (tertiary/aromatic N) is 2. The maximum absolute atomic E-state index is 11.0. The number of carbonyl (C=O) groups excluding carboxylic acids is 2. The lowest BCUT2D eigenvalue weighted by Gasteiger charge is -2.19. The van der Waals surface area contributed by atoms with Crippen LogP contribution in [0.3, 0.4) is 0 Å². The Morgan fingerprint density at radius 1 is 1.31 bits per heavy atom. The van der Waals surface area contributed by atoms with Crippen LogP contribution in [0.25, 0.3) is 0 Å². The summed E-state index contributed by atoms with van der Waals surface area (Å²) >= 11 is 0. The quantitative estimate of drug-likeness (QED) is 0.408. The molecule has 0 radical (unpaired) electrons. The number of aryl methyl sites for hydroxylation is 1. The Morgan fingerprint density at radius 3 is 2.35 bits per heavy atom. The number of carboxylic acid groups (broad SMARTS) is 2. The molecule has 26 heavy (non-hydrogen) atoms. The number of nitrogens with one attached hydrogen (secondary N) is 2. The molecule has 0 spiro atoms. The first-order chi connectivity index (χ1) is 12.0. The molecule has 0 aliphatic heterocycles. The monoisotopic (exact) mass is 372 g/mol. The van der Waals surface area contributed by atoms with Crippen LogP contribution in [0.4, 0.5) is 10.6 Å². The van der Waals surface area contributed by atoms with Crippen molar-refractivity contribution in [1.82, 2.24) is 14.9 Å². The number of hydrogen-bond donors (Lipinski definition) is 4. The molecule has 0 unspecified atom stereocenters. The highest BCUT2D eigenvalue weighted by Crippen LogP contribution is 2.06. The Balaban J connectivity index is 0.000000485. The highest BCUT2D eigenvalue weighted by atomic mass is 16.6. The fourth-order valence-corrected chi connectivity index (χ4v) is 1.54. The number of amides is 2. The zero-order valence-electron chi connectivity index (χ0n) is 15.1. The van der Waals surface area contributed by atoms with E-state index in [0.29, 0.717) is 19.4 Å². The van der Waals surface area contributed by atoms with Crippen LogP contribution in [0, 0.1) is 0 Å². The van der Waals surface area contributed by atoms with Crippen molar-refractivity contribution in [2.24, 2.45) is 7.05 Å². The second-order valence-electron chi connectivity index (χ2n) is 6.05. The lowest BCUT2D eigenvalue weighted by atomic mass is 10.2. The van der Waals surface area contributed by atoms with Crippen molar-refractivity contribution in [2.45, 2.75) is 39.2 Å². The molecular formula is C15H24N4O7. The molecule has 0 saturated carbocycles. The average molecular weight is 372 g/mol. The van der Waals surface area contributed by atoms with Crippen molar-refractivity contribution in [2.75, 3.05) is 11.9 Å². The van der Waals surface area contributed by atoms with Gasteiger partial charge in [-0.3, -0.25) is 9.59 Å². The van der Waals surface area contributed by atoms with Gasteiger partial charge in [-0.2, -0.15) is 0 Å². The molecule has 1 aromatic rings. The first kappa shape index (κ1) is 22.9. The van der Waals surface area contributed by atoms with Crippen molar-refractivity contribution >= 4 is 30.3 Å². The second-order valence-corrected chi connectivity index (χ2v) is 6.05. The third-order valence-electron chi connectivity index (χ3n) is 2.51. The topological polar surface area (TPSA) is 160 Å². The maximum atomic E-state index is 11.0. The van der Waals surface area contributed by atoms with E-state index in [9.17, 15) is 19.2 Å². The van der Waals surface area contributed by atoms with Crippen LogP contribution >= 0.6 is 0 Å². The number of aromatic nitrogens is 2. The van der Waals surface area contributed by atoms with Gasteiger partial charge in [-0.25, -0.2) is 14.6 Å². The summed E-state index contributed by atoms with van der Waals surface area (Å²) in [6.45, 7) is 5.62. The Hall–Kier alpha value is -3.11. The molecule has 0 fully saturated rings. The molecule has 2 amide bonds. The average Bonchev–Trinajstić information content (AvgIpc) is 2.84. The second kappa shape index (κ2) is 10.7. The van der Waals surface area contributed by atoms with Gasteiger partial charge in [0.2, 0.25) is 12.2 Å². The number of aliphatic carboxylic acids is 1. The summed E-state index contributed by atoms with van der Waals surface area (Å²) in [4.78, 5) is 45.2. The number of imidazole rings is 1. The van der Waals surface area contributed by atoms with E-state index >= 15 is 0 Å². The van der Waals surface area contributed by atoms with Crippen molar-refractivity contribution < 1.29 is 34.1 Å². The van der Waals surface area contributed by atoms with Gasteiger partial charge in [0.25, 0.3) is 0 Å². The highest BCUT2D eigenvalue weighted by molar-refractivity contribution is 5.84. The number of rotatable bonds is 7. The fourth-order valence-electron chi connectivity index (χ4n) is 1.54. The molecule has 0 aromatic carbocycles. The Bertz CT molecular complexity index is 634. The van der Waals surface area contributed by atoms with E-state index in [1.54, 1.807) is 20.8 Å². The molecule has 11 nitrogen and oxygen atoms in total. The van der Waals surface area contributed by atoms with E-state index in [1.165, 1.54) is 17.8 Å². The predicted octanol–water partition coefficient (Wildman–Crippen LogP) is 1.06. The Labute approximate surface area is 150 Å². The van der Waals surface area contributed by atoms with E-state index in [4.69, 9.17) is 14.9 Å². The van der Waals surface area contributed by atoms with Gasteiger partial charge in [0.15, 0.2) is 5.82 Å². The van der Waals surface area contributed by atoms with E-state index in [-0.39, 0.29) is 18.1 Å². The van der Waals surface area contributed by atoms with Gasteiger partial charge in [-0.15, -0.1) is 0 Å². The van der Waals surface area contributed by atoms with Gasteiger partial charge in [0.1, 0.15) is 5.60 Å². The van der Waals surface area contributed by atoms with Gasteiger partial charge >= 0.3 is 18.0 Å². The van der Waals surface area contributed by atoms with E-state index in [2.05, 4.69) is 15.6 Å². The fraction of sp³-hybridized carbons (Fsp3) is 0.533. The molecule has 0 aliphatic carbocycles. The van der Waals surface area contributed by atoms with Gasteiger partial charge in [0, 0.05) is 26.2 Å². The smallest absolute Gasteiger partial charge is 0.407 e. The van der Waals surface area contributed by atoms with Crippen LogP contribution in [0.1, 0.15) is 44.2 Å². The number of alkyl carbamates (subject to hydrolysis) is 1. The zero-order chi connectivity index (χ0) is 20.3. The van der Waals surface area contributed by atoms with Crippen LogP contribution in [0.2, 0.25) is 0 Å². The number of hydrogen-bond acceptors (Lipinski definition) is 6. The van der Waals surface area contributed by atoms with Gasteiger partial charge < -0.3 is 30.2 Å². The number of carboxylic acids is 2. The summed E-state index contributed by atoms with van der Waals surface area (Å²) in [6, 6.07) is 0. The Morgan fingerprint density at radius 2 is 1.92 bits per heavy atom. The summed E-state index contributed by atoms with van der Waals surface area (Å²) in [6.07, 6.45) is 1.80. The van der Waals surface area contributed by atoms with Gasteiger partial charge in [0.05, 0.1) is 0 Å².